The van der Waals surface area contributed by atoms with Crippen LogP contribution in [0.15, 0.2) is 30.6 Å². The number of benzene rings is 1. The molecular weight excluding hydrogens is 247 g/mol. The maximum Gasteiger partial charge on any atom is 0.204 e. The van der Waals surface area contributed by atoms with Crippen LogP contribution in [0.5, 0.6) is 5.75 Å². The van der Waals surface area contributed by atoms with Crippen molar-refractivity contribution in [2.75, 3.05) is 24.3 Å². The van der Waals surface area contributed by atoms with Crippen LogP contribution in [0.4, 0.5) is 21.7 Å². The SMILES string of the molecule is CCN(c1ccccc1F)c1ncnc(N)c1OC. The molecule has 0 radical (unpaired) electrons. The summed E-state index contributed by atoms with van der Waals surface area (Å²) in [7, 11) is 1.48. The Morgan fingerprint density at radius 1 is 1.32 bits per heavy atom. The number of nitrogens with two attached hydrogens (primary N) is 1. The second kappa shape index (κ2) is 5.51. The molecule has 2 N–H and O–H groups in total. The van der Waals surface area contributed by atoms with Crippen molar-refractivity contribution < 1.29 is 9.13 Å². The Morgan fingerprint density at radius 2 is 2.05 bits per heavy atom. The number of hydrogen-bond donors (Lipinski definition) is 1. The standard InChI is InChI=1S/C13H15FN4O/c1-3-18(10-7-5-4-6-9(10)14)13-11(19-2)12(15)16-8-17-13/h4-8H,3H2,1-2H3,(H2,15,16,17). The number of hydrogen-bond acceptors (Lipinski definition) is 5. The van der Waals surface area contributed by atoms with Gasteiger partial charge in [0.15, 0.2) is 11.6 Å². The van der Waals surface area contributed by atoms with Crippen LogP contribution in [0.25, 0.3) is 0 Å². The van der Waals surface area contributed by atoms with E-state index in [-0.39, 0.29) is 11.6 Å². The Morgan fingerprint density at radius 3 is 2.68 bits per heavy atom. The lowest BCUT2D eigenvalue weighted by Gasteiger charge is -2.24. The smallest absolute Gasteiger partial charge is 0.204 e. The summed E-state index contributed by atoms with van der Waals surface area (Å²) < 4.78 is 19.1. The van der Waals surface area contributed by atoms with Crippen molar-refractivity contribution in [1.29, 1.82) is 0 Å². The molecule has 6 heteroatoms. The van der Waals surface area contributed by atoms with Crippen molar-refractivity contribution in [2.45, 2.75) is 6.92 Å². The van der Waals surface area contributed by atoms with Gasteiger partial charge in [-0.25, -0.2) is 14.4 Å². The fourth-order valence-corrected chi connectivity index (χ4v) is 1.87. The van der Waals surface area contributed by atoms with E-state index in [1.807, 2.05) is 6.92 Å². The molecule has 0 aliphatic carbocycles. The van der Waals surface area contributed by atoms with Gasteiger partial charge in [-0.3, -0.25) is 0 Å². The van der Waals surface area contributed by atoms with Crippen molar-refractivity contribution in [3.63, 3.8) is 0 Å². The molecule has 0 aliphatic rings. The minimum atomic E-state index is -0.330. The highest BCUT2D eigenvalue weighted by Gasteiger charge is 2.19. The van der Waals surface area contributed by atoms with Crippen molar-refractivity contribution in [2.24, 2.45) is 0 Å². The molecule has 0 spiro atoms. The van der Waals surface area contributed by atoms with E-state index in [1.165, 1.54) is 19.5 Å². The van der Waals surface area contributed by atoms with Gasteiger partial charge in [-0.05, 0) is 19.1 Å². The van der Waals surface area contributed by atoms with Crippen LogP contribution in [0, 0.1) is 5.82 Å². The fraction of sp³-hybridized carbons (Fsp3) is 0.231. The minimum absolute atomic E-state index is 0.224. The molecule has 2 rings (SSSR count). The normalized spacial score (nSPS) is 10.3. The number of rotatable bonds is 4. The zero-order valence-electron chi connectivity index (χ0n) is 10.8. The predicted octanol–water partition coefficient (Wildman–Crippen LogP) is 2.36. The zero-order chi connectivity index (χ0) is 13.8. The van der Waals surface area contributed by atoms with Crippen LogP contribution < -0.4 is 15.4 Å². The van der Waals surface area contributed by atoms with E-state index in [2.05, 4.69) is 9.97 Å². The van der Waals surface area contributed by atoms with Gasteiger partial charge in [0, 0.05) is 6.54 Å². The Balaban J connectivity index is 2.55. The first-order valence-corrected chi connectivity index (χ1v) is 5.85. The molecule has 1 heterocycles. The summed E-state index contributed by atoms with van der Waals surface area (Å²) in [5.41, 5.74) is 6.16. The van der Waals surface area contributed by atoms with Crippen LogP contribution in [0.1, 0.15) is 6.92 Å². The molecular formula is C13H15FN4O. The van der Waals surface area contributed by atoms with Gasteiger partial charge in [0.25, 0.3) is 0 Å². The highest BCUT2D eigenvalue weighted by Crippen LogP contribution is 2.35. The van der Waals surface area contributed by atoms with Gasteiger partial charge < -0.3 is 15.4 Å². The second-order valence-electron chi connectivity index (χ2n) is 3.81. The van der Waals surface area contributed by atoms with E-state index in [0.717, 1.165) is 0 Å². The first-order chi connectivity index (χ1) is 9.19. The summed E-state index contributed by atoms with van der Waals surface area (Å²) in [6.45, 7) is 2.41. The summed E-state index contributed by atoms with van der Waals surface area (Å²) >= 11 is 0. The maximum atomic E-state index is 13.9. The highest BCUT2D eigenvalue weighted by molar-refractivity contribution is 5.70. The van der Waals surface area contributed by atoms with E-state index in [0.29, 0.717) is 23.8 Å². The molecule has 0 saturated carbocycles. The highest BCUT2D eigenvalue weighted by atomic mass is 19.1. The van der Waals surface area contributed by atoms with Crippen LogP contribution in [-0.2, 0) is 0 Å². The Labute approximate surface area is 110 Å². The monoisotopic (exact) mass is 262 g/mol. The number of ether oxygens (including phenoxy) is 1. The summed E-state index contributed by atoms with van der Waals surface area (Å²) in [6, 6.07) is 6.47. The molecule has 0 unspecified atom stereocenters. The third-order valence-electron chi connectivity index (χ3n) is 2.73. The maximum absolute atomic E-state index is 13.9. The van der Waals surface area contributed by atoms with Crippen LogP contribution in [-0.4, -0.2) is 23.6 Å². The third kappa shape index (κ3) is 2.42. The first kappa shape index (κ1) is 13.1. The number of halogens is 1. The minimum Gasteiger partial charge on any atom is -0.490 e. The topological polar surface area (TPSA) is 64.3 Å². The van der Waals surface area contributed by atoms with Gasteiger partial charge in [0.05, 0.1) is 12.8 Å². The van der Waals surface area contributed by atoms with Crippen LogP contribution in [0.3, 0.4) is 0 Å². The van der Waals surface area contributed by atoms with Gasteiger partial charge in [0.2, 0.25) is 5.75 Å². The molecule has 0 aliphatic heterocycles. The quantitative estimate of drug-likeness (QED) is 0.916. The number of para-hydroxylation sites is 1. The Kier molecular flexibility index (Phi) is 3.79. The van der Waals surface area contributed by atoms with Crippen molar-refractivity contribution >= 4 is 17.3 Å². The van der Waals surface area contributed by atoms with E-state index < -0.39 is 0 Å². The molecule has 0 atom stereocenters. The Bertz CT molecular complexity index is 576. The lowest BCUT2D eigenvalue weighted by molar-refractivity contribution is 0.414. The van der Waals surface area contributed by atoms with E-state index in [1.54, 1.807) is 23.1 Å². The van der Waals surface area contributed by atoms with Gasteiger partial charge in [-0.1, -0.05) is 12.1 Å². The molecule has 1 aromatic heterocycles. The number of methoxy groups -OCH3 is 1. The number of nitrogens with zero attached hydrogens (tertiary/aromatic N) is 3. The molecule has 0 bridgehead atoms. The third-order valence-corrected chi connectivity index (χ3v) is 2.73. The molecule has 5 nitrogen and oxygen atoms in total. The summed E-state index contributed by atoms with van der Waals surface area (Å²) in [6.07, 6.45) is 1.33. The fourth-order valence-electron chi connectivity index (χ4n) is 1.87. The van der Waals surface area contributed by atoms with Gasteiger partial charge in [-0.2, -0.15) is 0 Å². The van der Waals surface area contributed by atoms with E-state index in [9.17, 15) is 4.39 Å². The molecule has 0 saturated heterocycles. The summed E-state index contributed by atoms with van der Waals surface area (Å²) in [5, 5.41) is 0. The van der Waals surface area contributed by atoms with Crippen LogP contribution >= 0.6 is 0 Å². The van der Waals surface area contributed by atoms with Gasteiger partial charge in [0.1, 0.15) is 12.1 Å². The lowest BCUT2D eigenvalue weighted by atomic mass is 10.2. The molecule has 19 heavy (non-hydrogen) atoms. The number of nitrogen functional groups attached to an aromatic ring is 1. The average Bonchev–Trinajstić information content (AvgIpc) is 2.42. The lowest BCUT2D eigenvalue weighted by Crippen LogP contribution is -2.20. The van der Waals surface area contributed by atoms with Crippen molar-refractivity contribution in [1.82, 2.24) is 9.97 Å². The predicted molar refractivity (Wildman–Crippen MR) is 72.1 cm³/mol. The van der Waals surface area contributed by atoms with Gasteiger partial charge >= 0.3 is 0 Å². The summed E-state index contributed by atoms with van der Waals surface area (Å²) in [4.78, 5) is 9.69. The molecule has 100 valence electrons. The second-order valence-corrected chi connectivity index (χ2v) is 3.81. The average molecular weight is 262 g/mol. The number of aromatic nitrogens is 2. The molecule has 0 fully saturated rings. The van der Waals surface area contributed by atoms with Crippen molar-refractivity contribution in [3.8, 4) is 5.75 Å². The van der Waals surface area contributed by atoms with Crippen LogP contribution in [0.2, 0.25) is 0 Å². The molecule has 1 aromatic carbocycles. The number of anilines is 3. The largest absolute Gasteiger partial charge is 0.490 e. The molecule has 2 aromatic rings. The van der Waals surface area contributed by atoms with Gasteiger partial charge in [-0.15, -0.1) is 0 Å². The Hall–Kier alpha value is -2.37. The zero-order valence-corrected chi connectivity index (χ0v) is 10.8. The van der Waals surface area contributed by atoms with E-state index in [4.69, 9.17) is 10.5 Å². The summed E-state index contributed by atoms with van der Waals surface area (Å²) in [5.74, 6) is 0.682. The first-order valence-electron chi connectivity index (χ1n) is 5.85. The van der Waals surface area contributed by atoms with Crippen molar-refractivity contribution in [3.05, 3.63) is 36.4 Å². The van der Waals surface area contributed by atoms with E-state index >= 15 is 0 Å². The molecule has 0 amide bonds.